The van der Waals surface area contributed by atoms with Crippen molar-refractivity contribution in [2.75, 3.05) is 11.9 Å². The molecule has 0 radical (unpaired) electrons. The molecule has 0 amide bonds. The Hall–Kier alpha value is -2.52. The Bertz CT molecular complexity index is 1150. The number of anilines is 1. The second kappa shape index (κ2) is 8.36. The van der Waals surface area contributed by atoms with Crippen molar-refractivity contribution in [1.29, 1.82) is 0 Å². The number of fused-ring (bicyclic) bond motifs is 1. The van der Waals surface area contributed by atoms with Crippen LogP contribution in [0.5, 0.6) is 0 Å². The summed E-state index contributed by atoms with van der Waals surface area (Å²) >= 11 is -0.488. The molecule has 1 aliphatic carbocycles. The molecule has 3 heterocycles. The number of benzene rings is 1. The minimum Gasteiger partial charge on any atom is -0.394 e. The summed E-state index contributed by atoms with van der Waals surface area (Å²) in [6.07, 6.45) is -4.54. The topological polar surface area (TPSA) is 138 Å². The zero-order chi connectivity index (χ0) is 23.3. The second-order valence-corrected chi connectivity index (χ2v) is 8.87. The van der Waals surface area contributed by atoms with E-state index in [2.05, 4.69) is 25.6 Å². The lowest BCUT2D eigenvalue weighted by atomic mass is 10.1. The number of halogens is 3. The maximum absolute atomic E-state index is 13.1. The van der Waals surface area contributed by atoms with E-state index >= 15 is 0 Å². The Morgan fingerprint density at radius 1 is 1.15 bits per heavy atom. The largest absolute Gasteiger partial charge is 0.449 e. The Kier molecular flexibility index (Phi) is 5.64. The summed E-state index contributed by atoms with van der Waals surface area (Å²) in [6.45, 7) is -0.569. The van der Waals surface area contributed by atoms with Crippen molar-refractivity contribution in [3.05, 3.63) is 35.9 Å². The number of rotatable bonds is 6. The van der Waals surface area contributed by atoms with Gasteiger partial charge in [0.1, 0.15) is 18.3 Å². The molecule has 10 nitrogen and oxygen atoms in total. The van der Waals surface area contributed by atoms with Gasteiger partial charge in [0, 0.05) is 23.7 Å². The van der Waals surface area contributed by atoms with Crippen molar-refractivity contribution in [2.45, 2.75) is 53.6 Å². The summed E-state index contributed by atoms with van der Waals surface area (Å²) in [5.74, 6) is 0.249. The maximum Gasteiger partial charge on any atom is 0.449 e. The Morgan fingerprint density at radius 3 is 2.58 bits per heavy atom. The summed E-state index contributed by atoms with van der Waals surface area (Å²) in [6, 6.07) is 9.62. The first kappa shape index (κ1) is 22.3. The van der Waals surface area contributed by atoms with Gasteiger partial charge in [-0.2, -0.15) is 17.9 Å². The van der Waals surface area contributed by atoms with Crippen molar-refractivity contribution in [3.63, 3.8) is 0 Å². The first-order valence-corrected chi connectivity index (χ1v) is 10.9. The molecule has 6 atom stereocenters. The molecule has 3 aromatic rings. The Labute approximate surface area is 188 Å². The molecule has 0 bridgehead atoms. The van der Waals surface area contributed by atoms with Gasteiger partial charge in [-0.15, -0.1) is 5.10 Å². The molecule has 14 heteroatoms. The summed E-state index contributed by atoms with van der Waals surface area (Å²) < 4.78 is 45.6. The zero-order valence-electron chi connectivity index (χ0n) is 16.8. The lowest BCUT2D eigenvalue weighted by Crippen LogP contribution is -2.33. The van der Waals surface area contributed by atoms with Crippen molar-refractivity contribution < 1.29 is 33.2 Å². The number of aromatic nitrogens is 5. The van der Waals surface area contributed by atoms with E-state index in [1.807, 2.05) is 30.3 Å². The van der Waals surface area contributed by atoms with Gasteiger partial charge in [0.2, 0.25) is 0 Å². The number of aliphatic hydroxyl groups is 3. The number of hydrogen-bond acceptors (Lipinski definition) is 10. The van der Waals surface area contributed by atoms with E-state index in [1.54, 1.807) is 0 Å². The number of aliphatic hydroxyl groups excluding tert-OH is 3. The molecule has 176 valence electrons. The average Bonchev–Trinajstić information content (AvgIpc) is 3.32. The van der Waals surface area contributed by atoms with E-state index < -0.39 is 53.6 Å². The van der Waals surface area contributed by atoms with E-state index in [0.717, 1.165) is 16.7 Å². The number of nitrogens with one attached hydrogen (secondary N) is 1. The maximum atomic E-state index is 13.1. The van der Waals surface area contributed by atoms with E-state index in [1.165, 1.54) is 0 Å². The Balaban J connectivity index is 1.50. The molecule has 1 aliphatic heterocycles. The predicted octanol–water partition coefficient (Wildman–Crippen LogP) is 1.41. The van der Waals surface area contributed by atoms with Crippen molar-refractivity contribution in [3.8, 4) is 0 Å². The summed E-state index contributed by atoms with van der Waals surface area (Å²) in [7, 11) is 0. The highest BCUT2D eigenvalue weighted by Gasteiger charge is 2.45. The third-order valence-electron chi connectivity index (χ3n) is 5.61. The summed E-state index contributed by atoms with van der Waals surface area (Å²) in [4.78, 5) is 7.95. The molecule has 1 saturated carbocycles. The van der Waals surface area contributed by atoms with E-state index in [-0.39, 0.29) is 28.9 Å². The van der Waals surface area contributed by atoms with Crippen LogP contribution in [0, 0.1) is 0 Å². The van der Waals surface area contributed by atoms with Crippen LogP contribution >= 0.6 is 11.8 Å². The van der Waals surface area contributed by atoms with Crippen molar-refractivity contribution in [2.24, 2.45) is 0 Å². The molecule has 1 aromatic carbocycles. The van der Waals surface area contributed by atoms with Crippen LogP contribution in [0.1, 0.15) is 24.1 Å². The van der Waals surface area contributed by atoms with Crippen LogP contribution < -0.4 is 5.32 Å². The van der Waals surface area contributed by atoms with Gasteiger partial charge in [0.25, 0.3) is 0 Å². The van der Waals surface area contributed by atoms with Gasteiger partial charge in [-0.1, -0.05) is 35.5 Å². The minimum atomic E-state index is -4.63. The fourth-order valence-electron chi connectivity index (χ4n) is 3.91. The SMILES string of the molecule is OC[C@H]1O[C@@H](n2nnc3c(NC4CC4c4ccccc4)nc(SC(F)(F)F)nc32)[C@H](O)[C@@H]1O. The lowest BCUT2D eigenvalue weighted by molar-refractivity contribution is -0.0575. The molecule has 4 N–H and O–H groups in total. The first-order valence-electron chi connectivity index (χ1n) is 10.1. The average molecular weight is 484 g/mol. The van der Waals surface area contributed by atoms with Crippen LogP contribution in [0.3, 0.4) is 0 Å². The van der Waals surface area contributed by atoms with Gasteiger partial charge >= 0.3 is 5.51 Å². The van der Waals surface area contributed by atoms with E-state index in [0.29, 0.717) is 0 Å². The number of alkyl halides is 3. The fourth-order valence-corrected chi connectivity index (χ4v) is 4.39. The van der Waals surface area contributed by atoms with Crippen LogP contribution in [0.2, 0.25) is 0 Å². The number of hydrogen-bond donors (Lipinski definition) is 4. The molecular weight excluding hydrogens is 465 g/mol. The normalized spacial score (nSPS) is 29.5. The van der Waals surface area contributed by atoms with Gasteiger partial charge < -0.3 is 25.4 Å². The monoisotopic (exact) mass is 484 g/mol. The molecule has 33 heavy (non-hydrogen) atoms. The van der Waals surface area contributed by atoms with Crippen LogP contribution in [0.25, 0.3) is 11.2 Å². The lowest BCUT2D eigenvalue weighted by Gasteiger charge is -2.15. The number of nitrogens with zero attached hydrogens (tertiary/aromatic N) is 5. The molecule has 0 spiro atoms. The molecule has 2 fully saturated rings. The van der Waals surface area contributed by atoms with Gasteiger partial charge in [0.15, 0.2) is 28.4 Å². The third kappa shape index (κ3) is 4.36. The zero-order valence-corrected chi connectivity index (χ0v) is 17.6. The molecule has 5 rings (SSSR count). The predicted molar refractivity (Wildman–Crippen MR) is 109 cm³/mol. The van der Waals surface area contributed by atoms with Crippen molar-refractivity contribution >= 4 is 28.7 Å². The highest BCUT2D eigenvalue weighted by Crippen LogP contribution is 2.44. The first-order chi connectivity index (χ1) is 15.7. The van der Waals surface area contributed by atoms with Crippen LogP contribution in [0.15, 0.2) is 35.5 Å². The van der Waals surface area contributed by atoms with Gasteiger partial charge in [-0.25, -0.2) is 9.97 Å². The molecule has 1 saturated heterocycles. The van der Waals surface area contributed by atoms with Crippen LogP contribution in [-0.4, -0.2) is 76.8 Å². The van der Waals surface area contributed by atoms with Gasteiger partial charge in [-0.3, -0.25) is 0 Å². The highest BCUT2D eigenvalue weighted by atomic mass is 32.2. The third-order valence-corrected chi connectivity index (χ3v) is 6.21. The molecule has 2 aromatic heterocycles. The van der Waals surface area contributed by atoms with Crippen LogP contribution in [0.4, 0.5) is 19.0 Å². The van der Waals surface area contributed by atoms with Crippen LogP contribution in [-0.2, 0) is 4.74 Å². The fraction of sp³-hybridized carbons (Fsp3) is 0.474. The Morgan fingerprint density at radius 2 is 1.91 bits per heavy atom. The second-order valence-electron chi connectivity index (χ2n) is 7.84. The van der Waals surface area contributed by atoms with Gasteiger partial charge in [0.05, 0.1) is 6.61 Å². The summed E-state index contributed by atoms with van der Waals surface area (Å²) in [5.41, 5.74) is -3.54. The highest BCUT2D eigenvalue weighted by molar-refractivity contribution is 8.00. The standard InChI is InChI=1S/C19H19F3N6O4S/c20-19(21,22)33-18-24-15(23-10-6-9(10)8-4-2-1-3-5-8)12-16(25-18)28(27-26-12)17-14(31)13(30)11(7-29)32-17/h1-5,9-11,13-14,17,29-31H,6-7H2,(H,23,24,25)/t9?,10?,11-,13-,14-,17-/m1/s1. The smallest absolute Gasteiger partial charge is 0.394 e. The summed E-state index contributed by atoms with van der Waals surface area (Å²) in [5, 5.41) is 40.1. The van der Waals surface area contributed by atoms with E-state index in [4.69, 9.17) is 4.74 Å². The molecular formula is C19H19F3N6O4S. The minimum absolute atomic E-state index is 0.0618. The van der Waals surface area contributed by atoms with E-state index in [9.17, 15) is 28.5 Å². The van der Waals surface area contributed by atoms with Crippen molar-refractivity contribution in [1.82, 2.24) is 25.0 Å². The number of ether oxygens (including phenoxy) is 1. The van der Waals surface area contributed by atoms with Gasteiger partial charge in [-0.05, 0) is 12.0 Å². The quantitative estimate of drug-likeness (QED) is 0.300. The molecule has 2 unspecified atom stereocenters. The molecule has 2 aliphatic rings. The number of thioether (sulfide) groups is 1.